The van der Waals surface area contributed by atoms with Gasteiger partial charge in [-0.25, -0.2) is 9.59 Å². The van der Waals surface area contributed by atoms with E-state index in [9.17, 15) is 45.5 Å². The molecule has 0 radical (unpaired) electrons. The van der Waals surface area contributed by atoms with E-state index in [4.69, 9.17) is 33.3 Å². The number of halogens is 6. The summed E-state index contributed by atoms with van der Waals surface area (Å²) in [6.45, 7) is 0.796. The quantitative estimate of drug-likeness (QED) is 0.0346. The van der Waals surface area contributed by atoms with Gasteiger partial charge in [0.05, 0.1) is 22.3 Å². The smallest absolute Gasteiger partial charge is 0.417 e. The van der Waals surface area contributed by atoms with Gasteiger partial charge in [0.2, 0.25) is 0 Å². The molecule has 20 heteroatoms. The van der Waals surface area contributed by atoms with Crippen molar-refractivity contribution in [2.45, 2.75) is 12.4 Å². The van der Waals surface area contributed by atoms with Gasteiger partial charge in [0.15, 0.2) is 21.8 Å². The minimum Gasteiger partial charge on any atom is -0.423 e. The van der Waals surface area contributed by atoms with Crippen molar-refractivity contribution in [1.29, 1.82) is 0 Å². The Kier molecular flexibility index (Phi) is 11.3. The Hall–Kier alpha value is -6.80. The average molecular weight is 867 g/mol. The third-order valence-electron chi connectivity index (χ3n) is 9.14. The van der Waals surface area contributed by atoms with Crippen molar-refractivity contribution < 1.29 is 44.8 Å². The largest absolute Gasteiger partial charge is 0.423 e. The van der Waals surface area contributed by atoms with Crippen LogP contribution >= 0.6 is 24.4 Å². The predicted molar refractivity (Wildman–Crippen MR) is 220 cm³/mol. The Morgan fingerprint density at radius 1 is 0.533 bits per heavy atom. The zero-order valence-corrected chi connectivity index (χ0v) is 32.1. The van der Waals surface area contributed by atoms with Crippen molar-refractivity contribution >= 4 is 90.9 Å². The molecule has 12 nitrogen and oxygen atoms in total. The summed E-state index contributed by atoms with van der Waals surface area (Å²) in [5.41, 5.74) is -3.12. The predicted octanol–water partition coefficient (Wildman–Crippen LogP) is 7.51. The van der Waals surface area contributed by atoms with Gasteiger partial charge < -0.3 is 40.7 Å². The molecule has 0 saturated carbocycles. The Morgan fingerprint density at radius 2 is 0.933 bits per heavy atom. The Morgan fingerprint density at radius 3 is 1.32 bits per heavy atom. The molecule has 0 spiro atoms. The fourth-order valence-electron chi connectivity index (χ4n) is 6.56. The number of alkyl halides is 6. The standard InChI is InChI=1S/C40H28F6N6O6S2/c41-39(42,43)25-17-31(53)57-29-15-19(5-7-23(25)29)51-37(59)49-13-11-47-27-9-10-28(34-33(27)35(55)21-3-1-2-4-22(21)36(34)56)48-12-14-50-38(60)52-20-6-8-24-26(40(44,45)46)18-32(54)58-30(24)16-20/h1-10,15-18,47-48H,11-14H2,(H2,49,51,59)(H2,50,52,60). The maximum Gasteiger partial charge on any atom is 0.417 e. The lowest BCUT2D eigenvalue weighted by atomic mass is 9.82. The van der Waals surface area contributed by atoms with Crippen molar-refractivity contribution in [3.63, 3.8) is 0 Å². The summed E-state index contributed by atoms with van der Waals surface area (Å²) in [6.07, 6.45) is -9.52. The van der Waals surface area contributed by atoms with Crippen LogP contribution in [0.5, 0.6) is 0 Å². The first-order chi connectivity index (χ1) is 28.5. The van der Waals surface area contributed by atoms with Gasteiger partial charge in [-0.2, -0.15) is 26.3 Å². The third-order valence-corrected chi connectivity index (χ3v) is 9.64. The topological polar surface area (TPSA) is 167 Å². The van der Waals surface area contributed by atoms with Crippen molar-refractivity contribution in [3.8, 4) is 0 Å². The second-order valence-electron chi connectivity index (χ2n) is 13.1. The van der Waals surface area contributed by atoms with Gasteiger partial charge in [-0.15, -0.1) is 0 Å². The highest BCUT2D eigenvalue weighted by Crippen LogP contribution is 2.38. The summed E-state index contributed by atoms with van der Waals surface area (Å²) < 4.78 is 90.5. The van der Waals surface area contributed by atoms with E-state index in [1.807, 2.05) is 0 Å². The van der Waals surface area contributed by atoms with Gasteiger partial charge in [-0.05, 0) is 60.8 Å². The molecule has 0 bridgehead atoms. The number of ketones is 2. The van der Waals surface area contributed by atoms with Gasteiger partial charge in [0.25, 0.3) is 0 Å². The molecule has 308 valence electrons. The van der Waals surface area contributed by atoms with E-state index < -0.39 is 34.7 Å². The summed E-state index contributed by atoms with van der Waals surface area (Å²) in [6, 6.07) is 17.9. The molecular weight excluding hydrogens is 839 g/mol. The number of carbonyl (C=O) groups is 2. The second kappa shape index (κ2) is 16.5. The molecular formula is C40H28F6N6O6S2. The fraction of sp³-hybridized carbons (Fsp3) is 0.150. The minimum atomic E-state index is -4.76. The summed E-state index contributed by atoms with van der Waals surface area (Å²) in [5.74, 6) is -0.768. The van der Waals surface area contributed by atoms with E-state index in [0.29, 0.717) is 23.5 Å². The minimum absolute atomic E-state index is 0.0978. The summed E-state index contributed by atoms with van der Waals surface area (Å²) in [4.78, 5) is 51.2. The van der Waals surface area contributed by atoms with Crippen LogP contribution in [0.15, 0.2) is 103 Å². The molecule has 2 aromatic heterocycles. The molecule has 0 saturated heterocycles. The molecule has 1 aliphatic carbocycles. The van der Waals surface area contributed by atoms with Crippen LogP contribution < -0.4 is 43.2 Å². The highest BCUT2D eigenvalue weighted by molar-refractivity contribution is 7.80. The van der Waals surface area contributed by atoms with Crippen molar-refractivity contribution in [3.05, 3.63) is 139 Å². The molecule has 6 N–H and O–H groups in total. The van der Waals surface area contributed by atoms with Gasteiger partial charge in [0.1, 0.15) is 11.2 Å². The normalized spacial score (nSPS) is 12.4. The van der Waals surface area contributed by atoms with E-state index in [0.717, 1.165) is 12.1 Å². The van der Waals surface area contributed by atoms with Gasteiger partial charge in [-0.1, -0.05) is 24.3 Å². The Labute approximate surface area is 344 Å². The first-order valence-corrected chi connectivity index (χ1v) is 18.5. The van der Waals surface area contributed by atoms with Crippen LogP contribution in [0.3, 0.4) is 0 Å². The van der Waals surface area contributed by atoms with E-state index in [1.165, 1.54) is 24.3 Å². The lowest BCUT2D eigenvalue weighted by molar-refractivity contribution is -0.137. The van der Waals surface area contributed by atoms with Gasteiger partial charge in [-0.3, -0.25) is 9.59 Å². The molecule has 2 heterocycles. The van der Waals surface area contributed by atoms with Crippen LogP contribution in [-0.2, 0) is 12.4 Å². The molecule has 4 aromatic carbocycles. The number of carbonyl (C=O) groups excluding carboxylic acids is 2. The number of fused-ring (bicyclic) bond motifs is 4. The molecule has 0 atom stereocenters. The summed E-state index contributed by atoms with van der Waals surface area (Å²) >= 11 is 10.7. The Balaban J connectivity index is 0.983. The number of nitrogens with one attached hydrogen (secondary N) is 6. The lowest BCUT2D eigenvalue weighted by Gasteiger charge is -2.24. The van der Waals surface area contributed by atoms with E-state index in [1.54, 1.807) is 36.4 Å². The highest BCUT2D eigenvalue weighted by atomic mass is 32.1. The number of benzene rings is 4. The van der Waals surface area contributed by atoms with Crippen LogP contribution in [0.25, 0.3) is 21.9 Å². The molecule has 60 heavy (non-hydrogen) atoms. The van der Waals surface area contributed by atoms with E-state index in [-0.39, 0.29) is 104 Å². The van der Waals surface area contributed by atoms with Crippen LogP contribution in [0, 0.1) is 0 Å². The van der Waals surface area contributed by atoms with Crippen molar-refractivity contribution in [2.24, 2.45) is 0 Å². The molecule has 6 aromatic rings. The average Bonchev–Trinajstić information content (AvgIpc) is 3.18. The molecule has 0 fully saturated rings. The third kappa shape index (κ3) is 8.78. The van der Waals surface area contributed by atoms with E-state index >= 15 is 0 Å². The van der Waals surface area contributed by atoms with Crippen LogP contribution in [0.1, 0.15) is 43.0 Å². The number of rotatable bonds is 10. The first-order valence-electron chi connectivity index (χ1n) is 17.7. The zero-order valence-electron chi connectivity index (χ0n) is 30.4. The molecule has 0 unspecified atom stereocenters. The second-order valence-corrected chi connectivity index (χ2v) is 13.9. The molecule has 0 amide bonds. The van der Waals surface area contributed by atoms with Gasteiger partial charge in [0, 0.05) is 95.1 Å². The monoisotopic (exact) mass is 866 g/mol. The van der Waals surface area contributed by atoms with Crippen LogP contribution in [0.4, 0.5) is 49.1 Å². The molecule has 7 rings (SSSR count). The fourth-order valence-corrected chi connectivity index (χ4v) is 7.00. The summed E-state index contributed by atoms with van der Waals surface area (Å²) in [5, 5.41) is 17.5. The number of hydrogen-bond donors (Lipinski definition) is 6. The highest BCUT2D eigenvalue weighted by Gasteiger charge is 2.36. The maximum atomic E-state index is 13.8. The van der Waals surface area contributed by atoms with Crippen molar-refractivity contribution in [1.82, 2.24) is 10.6 Å². The molecule has 0 aliphatic heterocycles. The maximum absolute atomic E-state index is 13.8. The summed E-state index contributed by atoms with van der Waals surface area (Å²) in [7, 11) is 0. The Bertz CT molecular complexity index is 2670. The lowest BCUT2D eigenvalue weighted by Crippen LogP contribution is -2.33. The zero-order chi connectivity index (χ0) is 42.9. The van der Waals surface area contributed by atoms with Gasteiger partial charge >= 0.3 is 23.6 Å². The number of hydrogen-bond acceptors (Lipinski definition) is 10. The van der Waals surface area contributed by atoms with Crippen LogP contribution in [-0.4, -0.2) is 48.0 Å². The van der Waals surface area contributed by atoms with E-state index in [2.05, 4.69) is 31.9 Å². The molecule has 1 aliphatic rings. The van der Waals surface area contributed by atoms with Crippen molar-refractivity contribution in [2.75, 3.05) is 47.4 Å². The SMILES string of the molecule is O=C1c2ccccc2C(=O)c2c(NCCNC(=S)Nc3ccc4c(C(F)(F)F)cc(=O)oc4c3)ccc(NCCNC(=S)Nc3ccc4c(C(F)(F)F)cc(=O)oc4c3)c21. The number of anilines is 4. The number of thiocarbonyl (C=S) groups is 2. The van der Waals surface area contributed by atoms with Crippen LogP contribution in [0.2, 0.25) is 0 Å². The first kappa shape index (κ1) is 41.4.